The van der Waals surface area contributed by atoms with Gasteiger partial charge in [0.05, 0.1) is 17.3 Å². The Morgan fingerprint density at radius 3 is 2.67 bits per heavy atom. The van der Waals surface area contributed by atoms with Crippen LogP contribution in [-0.2, 0) is 11.3 Å². The number of nitrogens with one attached hydrogen (secondary N) is 1. The Labute approximate surface area is 158 Å². The van der Waals surface area contributed by atoms with Crippen molar-refractivity contribution in [2.45, 2.75) is 58.0 Å². The molecular formula is C21H27N3O3. The fraction of sp³-hybridized carbons (Fsp3) is 0.571. The van der Waals surface area contributed by atoms with Crippen LogP contribution in [0.2, 0.25) is 0 Å². The van der Waals surface area contributed by atoms with Gasteiger partial charge in [0.1, 0.15) is 0 Å². The zero-order valence-electron chi connectivity index (χ0n) is 15.8. The molecule has 2 aromatic rings. The first-order valence-corrected chi connectivity index (χ1v) is 10.1. The number of likely N-dealkylation sites (tertiary alicyclic amines) is 1. The van der Waals surface area contributed by atoms with E-state index in [-0.39, 0.29) is 30.0 Å². The highest BCUT2D eigenvalue weighted by Gasteiger charge is 2.39. The number of carbonyl (C=O) groups is 1. The molecule has 27 heavy (non-hydrogen) atoms. The minimum atomic E-state index is -0.295. The number of aromatic nitrogens is 2. The minimum absolute atomic E-state index is 0.0970. The lowest BCUT2D eigenvalue weighted by atomic mass is 9.72. The van der Waals surface area contributed by atoms with Gasteiger partial charge in [-0.3, -0.25) is 19.5 Å². The Hall–Kier alpha value is -2.37. The van der Waals surface area contributed by atoms with Crippen LogP contribution in [0.1, 0.15) is 45.4 Å². The van der Waals surface area contributed by atoms with Crippen LogP contribution in [0.5, 0.6) is 0 Å². The third kappa shape index (κ3) is 3.33. The fourth-order valence-electron chi connectivity index (χ4n) is 4.98. The van der Waals surface area contributed by atoms with Crippen molar-refractivity contribution in [3.05, 3.63) is 45.0 Å². The van der Waals surface area contributed by atoms with Crippen LogP contribution in [-0.4, -0.2) is 33.2 Å². The Balaban J connectivity index is 1.51. The van der Waals surface area contributed by atoms with Crippen LogP contribution in [0.3, 0.4) is 0 Å². The molecule has 2 fully saturated rings. The maximum Gasteiger partial charge on any atom is 0.273 e. The lowest BCUT2D eigenvalue weighted by Crippen LogP contribution is -2.52. The molecule has 1 saturated carbocycles. The second-order valence-electron chi connectivity index (χ2n) is 8.06. The van der Waals surface area contributed by atoms with E-state index in [1.807, 2.05) is 4.90 Å². The monoisotopic (exact) mass is 369 g/mol. The van der Waals surface area contributed by atoms with Gasteiger partial charge < -0.3 is 4.90 Å². The number of H-pyrrole nitrogens is 1. The van der Waals surface area contributed by atoms with E-state index in [0.29, 0.717) is 28.7 Å². The van der Waals surface area contributed by atoms with Crippen molar-refractivity contribution >= 4 is 16.7 Å². The fourth-order valence-corrected chi connectivity index (χ4v) is 4.98. The molecule has 6 nitrogen and oxygen atoms in total. The summed E-state index contributed by atoms with van der Waals surface area (Å²) in [6.07, 6.45) is 6.06. The number of benzene rings is 1. The summed E-state index contributed by atoms with van der Waals surface area (Å²) in [5.41, 5.74) is -0.544. The molecule has 1 aliphatic heterocycles. The van der Waals surface area contributed by atoms with Crippen LogP contribution >= 0.6 is 0 Å². The summed E-state index contributed by atoms with van der Waals surface area (Å²) in [4.78, 5) is 39.8. The first-order valence-electron chi connectivity index (χ1n) is 10.1. The zero-order valence-corrected chi connectivity index (χ0v) is 15.8. The van der Waals surface area contributed by atoms with Crippen molar-refractivity contribution in [3.8, 4) is 0 Å². The summed E-state index contributed by atoms with van der Waals surface area (Å²) in [5, 5.41) is 3.40. The van der Waals surface area contributed by atoms with Gasteiger partial charge in [-0.05, 0) is 43.2 Å². The number of fused-ring (bicyclic) bond motifs is 2. The molecule has 0 radical (unpaired) electrons. The van der Waals surface area contributed by atoms with E-state index < -0.39 is 0 Å². The summed E-state index contributed by atoms with van der Waals surface area (Å²) >= 11 is 0. The quantitative estimate of drug-likeness (QED) is 0.903. The van der Waals surface area contributed by atoms with Gasteiger partial charge in [-0.2, -0.15) is 0 Å². The zero-order chi connectivity index (χ0) is 19.0. The normalized spacial score (nSPS) is 25.4. The van der Waals surface area contributed by atoms with Gasteiger partial charge in [0, 0.05) is 19.0 Å². The number of rotatable bonds is 3. The predicted molar refractivity (Wildman–Crippen MR) is 105 cm³/mol. The van der Waals surface area contributed by atoms with E-state index in [2.05, 4.69) is 12.0 Å². The average Bonchev–Trinajstić information content (AvgIpc) is 2.70. The van der Waals surface area contributed by atoms with Crippen LogP contribution < -0.4 is 11.1 Å². The topological polar surface area (TPSA) is 75.2 Å². The van der Waals surface area contributed by atoms with Crippen LogP contribution in [0, 0.1) is 11.8 Å². The van der Waals surface area contributed by atoms with Crippen molar-refractivity contribution in [2.24, 2.45) is 11.8 Å². The van der Waals surface area contributed by atoms with Crippen LogP contribution in [0.15, 0.2) is 33.9 Å². The second-order valence-corrected chi connectivity index (χ2v) is 8.06. The van der Waals surface area contributed by atoms with E-state index in [9.17, 15) is 14.4 Å². The third-order valence-corrected chi connectivity index (χ3v) is 6.49. The first kappa shape index (κ1) is 18.0. The van der Waals surface area contributed by atoms with Crippen molar-refractivity contribution in [1.82, 2.24) is 14.7 Å². The number of aryl methyl sites for hydroxylation is 1. The molecule has 6 heteroatoms. The Bertz CT molecular complexity index is 961. The molecule has 3 unspecified atom stereocenters. The van der Waals surface area contributed by atoms with E-state index in [1.165, 1.54) is 23.9 Å². The molecule has 0 bridgehead atoms. The summed E-state index contributed by atoms with van der Waals surface area (Å²) < 4.78 is 1.29. The molecule has 1 saturated heterocycles. The molecule has 2 aliphatic rings. The standard InChI is InChI=1S/C21H27N3O3/c1-14-10-12-23(18-9-5-4-6-15(14)18)19(25)11-13-24-21(27)17-8-3-2-7-16(17)20(26)22-24/h2-3,7-8,14-15,18H,4-6,9-13H2,1H3,(H,22,26). The highest BCUT2D eigenvalue weighted by molar-refractivity contribution is 5.80. The third-order valence-electron chi connectivity index (χ3n) is 6.49. The summed E-state index contributed by atoms with van der Waals surface area (Å²) in [6.45, 7) is 3.33. The van der Waals surface area contributed by atoms with Crippen molar-refractivity contribution in [1.29, 1.82) is 0 Å². The highest BCUT2D eigenvalue weighted by Crippen LogP contribution is 2.38. The van der Waals surface area contributed by atoms with E-state index in [1.54, 1.807) is 24.3 Å². The minimum Gasteiger partial charge on any atom is -0.339 e. The van der Waals surface area contributed by atoms with Gasteiger partial charge >= 0.3 is 0 Å². The van der Waals surface area contributed by atoms with E-state index in [4.69, 9.17) is 0 Å². The number of piperidine rings is 1. The molecule has 144 valence electrons. The number of hydrogen-bond acceptors (Lipinski definition) is 3. The summed E-state index contributed by atoms with van der Waals surface area (Å²) in [6, 6.07) is 7.13. The van der Waals surface area contributed by atoms with E-state index >= 15 is 0 Å². The van der Waals surface area contributed by atoms with Crippen LogP contribution in [0.25, 0.3) is 10.8 Å². The molecule has 3 atom stereocenters. The first-order chi connectivity index (χ1) is 13.1. The van der Waals surface area contributed by atoms with Crippen molar-refractivity contribution in [2.75, 3.05) is 6.54 Å². The molecule has 1 aromatic carbocycles. The SMILES string of the molecule is CC1CCN(C(=O)CCn2[nH]c(=O)c3ccccc3c2=O)C2CCCCC12. The summed E-state index contributed by atoms with van der Waals surface area (Å²) in [5.74, 6) is 1.39. The molecule has 1 aromatic heterocycles. The average molecular weight is 369 g/mol. The van der Waals surface area contributed by atoms with Gasteiger partial charge in [-0.1, -0.05) is 31.9 Å². The van der Waals surface area contributed by atoms with Gasteiger partial charge in [0.25, 0.3) is 11.1 Å². The number of hydrogen-bond donors (Lipinski definition) is 1. The number of aromatic amines is 1. The molecule has 1 aliphatic carbocycles. The smallest absolute Gasteiger partial charge is 0.273 e. The van der Waals surface area contributed by atoms with Crippen molar-refractivity contribution < 1.29 is 4.79 Å². The number of carbonyl (C=O) groups excluding carboxylic acids is 1. The molecule has 2 heterocycles. The molecule has 4 rings (SSSR count). The second kappa shape index (κ2) is 7.33. The maximum atomic E-state index is 12.9. The largest absolute Gasteiger partial charge is 0.339 e. The Morgan fingerprint density at radius 1 is 1.11 bits per heavy atom. The van der Waals surface area contributed by atoms with Gasteiger partial charge in [-0.25, -0.2) is 4.68 Å². The molecular weight excluding hydrogens is 342 g/mol. The van der Waals surface area contributed by atoms with Crippen LogP contribution in [0.4, 0.5) is 0 Å². The Morgan fingerprint density at radius 2 is 1.85 bits per heavy atom. The lowest BCUT2D eigenvalue weighted by molar-refractivity contribution is -0.139. The van der Waals surface area contributed by atoms with Gasteiger partial charge in [0.2, 0.25) is 5.91 Å². The number of nitrogens with zero attached hydrogens (tertiary/aromatic N) is 2. The van der Waals surface area contributed by atoms with Gasteiger partial charge in [0.15, 0.2) is 0 Å². The van der Waals surface area contributed by atoms with E-state index in [0.717, 1.165) is 19.4 Å². The molecule has 1 N–H and O–H groups in total. The lowest BCUT2D eigenvalue weighted by Gasteiger charge is -2.47. The molecule has 1 amide bonds. The molecule has 0 spiro atoms. The summed E-state index contributed by atoms with van der Waals surface area (Å²) in [7, 11) is 0. The maximum absolute atomic E-state index is 12.9. The van der Waals surface area contributed by atoms with Crippen molar-refractivity contribution in [3.63, 3.8) is 0 Å². The number of amides is 1. The Kier molecular flexibility index (Phi) is 4.89. The predicted octanol–water partition coefficient (Wildman–Crippen LogP) is 2.51. The van der Waals surface area contributed by atoms with Gasteiger partial charge in [-0.15, -0.1) is 0 Å². The highest BCUT2D eigenvalue weighted by atomic mass is 16.2.